The van der Waals surface area contributed by atoms with Crippen molar-refractivity contribution in [2.75, 3.05) is 5.32 Å². The van der Waals surface area contributed by atoms with E-state index in [1.54, 1.807) is 42.1 Å². The number of hydrogen-bond donors (Lipinski definition) is 2. The van der Waals surface area contributed by atoms with Gasteiger partial charge in [-0.15, -0.1) is 11.8 Å². The van der Waals surface area contributed by atoms with E-state index in [-0.39, 0.29) is 11.6 Å². The first kappa shape index (κ1) is 26.7. The predicted molar refractivity (Wildman–Crippen MR) is 165 cm³/mol. The molecule has 5 rings (SSSR count). The Morgan fingerprint density at radius 3 is 1.85 bits per heavy atom. The lowest BCUT2D eigenvalue weighted by Gasteiger charge is -2.12. The van der Waals surface area contributed by atoms with Crippen LogP contribution in [0.2, 0.25) is 0 Å². The van der Waals surface area contributed by atoms with Gasteiger partial charge in [0.2, 0.25) is 0 Å². The highest BCUT2D eigenvalue weighted by Crippen LogP contribution is 2.25. The zero-order valence-electron chi connectivity index (χ0n) is 21.8. The summed E-state index contributed by atoms with van der Waals surface area (Å²) in [5.41, 5.74) is 5.51. The zero-order valence-corrected chi connectivity index (χ0v) is 22.6. The molecule has 0 aromatic heterocycles. The molecule has 40 heavy (non-hydrogen) atoms. The lowest BCUT2D eigenvalue weighted by molar-refractivity contribution is -0.113. The highest BCUT2D eigenvalue weighted by atomic mass is 32.2. The second-order valence-corrected chi connectivity index (χ2v) is 10.2. The van der Waals surface area contributed by atoms with E-state index < -0.39 is 5.91 Å². The maximum absolute atomic E-state index is 13.4. The summed E-state index contributed by atoms with van der Waals surface area (Å²) < 4.78 is 0. The molecule has 5 aromatic rings. The Hall–Kier alpha value is -4.87. The van der Waals surface area contributed by atoms with E-state index in [1.165, 1.54) is 5.56 Å². The number of rotatable bonds is 9. The molecule has 0 saturated heterocycles. The Labute approximate surface area is 238 Å². The fourth-order valence-corrected chi connectivity index (χ4v) is 4.94. The Morgan fingerprint density at radius 2 is 1.20 bits per heavy atom. The van der Waals surface area contributed by atoms with Crippen molar-refractivity contribution >= 4 is 35.3 Å². The number of hydrogen-bond acceptors (Lipinski definition) is 3. The molecular weight excluding hydrogens is 512 g/mol. The molecule has 0 fully saturated rings. The third kappa shape index (κ3) is 7.37. The van der Waals surface area contributed by atoms with E-state index in [4.69, 9.17) is 0 Å². The van der Waals surface area contributed by atoms with Crippen LogP contribution in [-0.4, -0.2) is 11.8 Å². The summed E-state index contributed by atoms with van der Waals surface area (Å²) >= 11 is 1.73. The molecule has 0 bridgehead atoms. The van der Waals surface area contributed by atoms with Gasteiger partial charge >= 0.3 is 0 Å². The first-order valence-corrected chi connectivity index (χ1v) is 13.9. The molecule has 0 atom stereocenters. The minimum atomic E-state index is -0.402. The smallest absolute Gasteiger partial charge is 0.272 e. The summed E-state index contributed by atoms with van der Waals surface area (Å²) in [5, 5.41) is 5.73. The van der Waals surface area contributed by atoms with Gasteiger partial charge in [0.25, 0.3) is 11.8 Å². The van der Waals surface area contributed by atoms with Crippen LogP contribution >= 0.6 is 11.8 Å². The maximum atomic E-state index is 13.4. The van der Waals surface area contributed by atoms with Gasteiger partial charge in [-0.05, 0) is 64.7 Å². The van der Waals surface area contributed by atoms with Crippen molar-refractivity contribution < 1.29 is 9.59 Å². The highest BCUT2D eigenvalue weighted by molar-refractivity contribution is 7.98. The summed E-state index contributed by atoms with van der Waals surface area (Å²) in [6.45, 7) is 0. The van der Waals surface area contributed by atoms with Gasteiger partial charge < -0.3 is 10.6 Å². The molecule has 0 radical (unpaired) electrons. The number of carbonyl (C=O) groups excluding carboxylic acids is 2. The first-order chi connectivity index (χ1) is 19.6. The molecule has 0 saturated carbocycles. The van der Waals surface area contributed by atoms with Gasteiger partial charge in [-0.1, -0.05) is 103 Å². The second-order valence-electron chi connectivity index (χ2n) is 9.12. The molecule has 0 spiro atoms. The number of anilines is 1. The number of benzene rings is 5. The fourth-order valence-electron chi connectivity index (χ4n) is 4.09. The third-order valence-corrected chi connectivity index (χ3v) is 7.30. The molecule has 4 nitrogen and oxygen atoms in total. The van der Waals surface area contributed by atoms with Gasteiger partial charge in [0, 0.05) is 21.9 Å². The molecule has 0 aliphatic rings. The van der Waals surface area contributed by atoms with E-state index in [1.807, 2.05) is 91.0 Å². The zero-order chi connectivity index (χ0) is 27.6. The summed E-state index contributed by atoms with van der Waals surface area (Å²) in [4.78, 5) is 27.4. The summed E-state index contributed by atoms with van der Waals surface area (Å²) in [6, 6.07) is 44.8. The Balaban J connectivity index is 1.32. The van der Waals surface area contributed by atoms with Crippen LogP contribution in [0.5, 0.6) is 0 Å². The first-order valence-electron chi connectivity index (χ1n) is 13.0. The van der Waals surface area contributed by atoms with Gasteiger partial charge in [-0.25, -0.2) is 0 Å². The molecule has 196 valence electrons. The molecule has 0 aliphatic carbocycles. The van der Waals surface area contributed by atoms with Crippen LogP contribution in [0, 0.1) is 0 Å². The summed E-state index contributed by atoms with van der Waals surface area (Å²) in [7, 11) is 0. The monoisotopic (exact) mass is 540 g/mol. The van der Waals surface area contributed by atoms with E-state index >= 15 is 0 Å². The number of amides is 2. The minimum absolute atomic E-state index is 0.156. The number of carbonyl (C=O) groups is 2. The van der Waals surface area contributed by atoms with Crippen molar-refractivity contribution in [3.63, 3.8) is 0 Å². The van der Waals surface area contributed by atoms with Crippen molar-refractivity contribution in [1.82, 2.24) is 5.32 Å². The van der Waals surface area contributed by atoms with E-state index in [2.05, 4.69) is 34.9 Å². The van der Waals surface area contributed by atoms with Crippen molar-refractivity contribution in [3.8, 4) is 11.1 Å². The number of nitrogens with one attached hydrogen (secondary N) is 2. The van der Waals surface area contributed by atoms with Crippen LogP contribution in [0.15, 0.2) is 150 Å². The lowest BCUT2D eigenvalue weighted by Crippen LogP contribution is -2.30. The largest absolute Gasteiger partial charge is 0.321 e. The molecule has 0 unspecified atom stereocenters. The fraction of sp³-hybridized carbons (Fsp3) is 0.0286. The van der Waals surface area contributed by atoms with Crippen LogP contribution in [-0.2, 0) is 10.5 Å². The number of thioether (sulfide) groups is 1. The topological polar surface area (TPSA) is 58.2 Å². The van der Waals surface area contributed by atoms with Crippen molar-refractivity contribution in [2.24, 2.45) is 0 Å². The summed E-state index contributed by atoms with van der Waals surface area (Å²) in [6.07, 6.45) is 1.69. The van der Waals surface area contributed by atoms with Crippen molar-refractivity contribution in [1.29, 1.82) is 0 Å². The van der Waals surface area contributed by atoms with Crippen LogP contribution < -0.4 is 10.6 Å². The third-order valence-electron chi connectivity index (χ3n) is 6.22. The minimum Gasteiger partial charge on any atom is -0.321 e. The summed E-state index contributed by atoms with van der Waals surface area (Å²) in [5.74, 6) is 0.116. The predicted octanol–water partition coefficient (Wildman–Crippen LogP) is 8.06. The van der Waals surface area contributed by atoms with Gasteiger partial charge in [0.05, 0.1) is 0 Å². The Kier molecular flexibility index (Phi) is 8.87. The van der Waals surface area contributed by atoms with E-state index in [0.717, 1.165) is 27.3 Å². The van der Waals surface area contributed by atoms with Gasteiger partial charge in [-0.2, -0.15) is 0 Å². The van der Waals surface area contributed by atoms with Gasteiger partial charge in [-0.3, -0.25) is 9.59 Å². The van der Waals surface area contributed by atoms with Crippen molar-refractivity contribution in [3.05, 3.63) is 162 Å². The normalized spacial score (nSPS) is 11.1. The average Bonchev–Trinajstić information content (AvgIpc) is 3.02. The Morgan fingerprint density at radius 1 is 0.625 bits per heavy atom. The molecule has 0 aliphatic heterocycles. The average molecular weight is 541 g/mol. The molecule has 0 heterocycles. The van der Waals surface area contributed by atoms with Crippen LogP contribution in [0.25, 0.3) is 17.2 Å². The van der Waals surface area contributed by atoms with E-state index in [0.29, 0.717) is 11.3 Å². The maximum Gasteiger partial charge on any atom is 0.272 e. The molecule has 5 aromatic carbocycles. The van der Waals surface area contributed by atoms with Crippen LogP contribution in [0.1, 0.15) is 21.5 Å². The molecule has 5 heteroatoms. The molecular formula is C35H28N2O2S. The quantitative estimate of drug-likeness (QED) is 0.147. The van der Waals surface area contributed by atoms with E-state index in [9.17, 15) is 9.59 Å². The molecule has 2 amide bonds. The standard InChI is InChI=1S/C35H28N2O2S/c38-34(30-14-8-3-9-15-30)37-33(24-26-16-18-29(19-17-26)28-12-6-2-7-13-28)35(39)36-31-20-22-32(23-21-31)40-25-27-10-4-1-5-11-27/h1-24H,25H2,(H,36,39)(H,37,38)/b33-24-. The molecule has 2 N–H and O–H groups in total. The Bertz CT molecular complexity index is 1580. The van der Waals surface area contributed by atoms with Crippen LogP contribution in [0.4, 0.5) is 5.69 Å². The SMILES string of the molecule is O=C(Nc1ccc(SCc2ccccc2)cc1)/C(=C/c1ccc(-c2ccccc2)cc1)NC(=O)c1ccccc1. The highest BCUT2D eigenvalue weighted by Gasteiger charge is 2.15. The van der Waals surface area contributed by atoms with Crippen molar-refractivity contribution in [2.45, 2.75) is 10.6 Å². The second kappa shape index (κ2) is 13.3. The van der Waals surface area contributed by atoms with Gasteiger partial charge in [0.15, 0.2) is 0 Å². The lowest BCUT2D eigenvalue weighted by atomic mass is 10.0. The van der Waals surface area contributed by atoms with Gasteiger partial charge in [0.1, 0.15) is 5.70 Å². The van der Waals surface area contributed by atoms with Crippen LogP contribution in [0.3, 0.4) is 0 Å².